The Balaban J connectivity index is 1.92. The number of ether oxygens (including phenoxy) is 2. The molecule has 8 heteroatoms. The maximum Gasteiger partial charge on any atom is 0.336 e. The fraction of sp³-hybridized carbons (Fsp3) is 0.538. The average Bonchev–Trinajstić information content (AvgIpc) is 2.55. The quantitative estimate of drug-likeness (QED) is 0.680. The number of nitrogens with zero attached hydrogens (tertiary/aromatic N) is 4. The molecule has 0 radical (unpaired) electrons. The Bertz CT molecular complexity index is 496. The summed E-state index contributed by atoms with van der Waals surface area (Å²) in [4.78, 5) is 35.1. The van der Waals surface area contributed by atoms with E-state index < -0.39 is 12.1 Å². The van der Waals surface area contributed by atoms with Crippen LogP contribution < -0.4 is 4.90 Å². The second kappa shape index (κ2) is 6.98. The number of anilines is 1. The zero-order valence-electron chi connectivity index (χ0n) is 12.1. The minimum absolute atomic E-state index is 0.109. The van der Waals surface area contributed by atoms with Gasteiger partial charge in [-0.2, -0.15) is 0 Å². The van der Waals surface area contributed by atoms with Crippen LogP contribution in [0.1, 0.15) is 0 Å². The van der Waals surface area contributed by atoms with E-state index in [1.54, 1.807) is 35.3 Å². The highest BCUT2D eigenvalue weighted by Gasteiger charge is 2.30. The monoisotopic (exact) mass is 294 g/mol. The minimum Gasteiger partial charge on any atom is -0.467 e. The van der Waals surface area contributed by atoms with Crippen molar-refractivity contribution in [2.45, 2.75) is 6.10 Å². The predicted octanol–water partition coefficient (Wildman–Crippen LogP) is -0.687. The summed E-state index contributed by atoms with van der Waals surface area (Å²) < 4.78 is 9.93. The summed E-state index contributed by atoms with van der Waals surface area (Å²) in [7, 11) is 3.04. The molecule has 2 heterocycles. The molecule has 2 rings (SSSR count). The van der Waals surface area contributed by atoms with Crippen molar-refractivity contribution in [3.63, 3.8) is 0 Å². The molecule has 1 atom stereocenters. The molecule has 8 nitrogen and oxygen atoms in total. The second-order valence-corrected chi connectivity index (χ2v) is 4.63. The molecule has 0 spiro atoms. The molecule has 114 valence electrons. The first-order valence-corrected chi connectivity index (χ1v) is 6.57. The largest absolute Gasteiger partial charge is 0.467 e. The van der Waals surface area contributed by atoms with Crippen LogP contribution in [0, 0.1) is 0 Å². The molecule has 1 aromatic rings. The molecule has 1 aromatic heterocycles. The lowest BCUT2D eigenvalue weighted by molar-refractivity contribution is -0.162. The van der Waals surface area contributed by atoms with Crippen molar-refractivity contribution in [3.8, 4) is 0 Å². The molecule has 0 aliphatic carbocycles. The summed E-state index contributed by atoms with van der Waals surface area (Å²) in [6.45, 7) is 1.11. The Morgan fingerprint density at radius 3 is 2.86 bits per heavy atom. The first-order chi connectivity index (χ1) is 10.1. The van der Waals surface area contributed by atoms with Crippen LogP contribution in [0.3, 0.4) is 0 Å². The molecule has 0 aromatic carbocycles. The molecule has 1 amide bonds. The molecule has 1 fully saturated rings. The third-order valence-electron chi connectivity index (χ3n) is 3.15. The number of amides is 1. The molecule has 0 saturated carbocycles. The fourth-order valence-electron chi connectivity index (χ4n) is 2.01. The molecule has 1 saturated heterocycles. The normalized spacial score (nSPS) is 18.2. The van der Waals surface area contributed by atoms with E-state index in [9.17, 15) is 9.59 Å². The molecular weight excluding hydrogens is 276 g/mol. The highest BCUT2D eigenvalue weighted by atomic mass is 16.6. The van der Waals surface area contributed by atoms with Crippen LogP contribution >= 0.6 is 0 Å². The molecule has 1 unspecified atom stereocenters. The molecule has 0 N–H and O–H groups in total. The summed E-state index contributed by atoms with van der Waals surface area (Å²) in [5.41, 5.74) is 0. The third-order valence-corrected chi connectivity index (χ3v) is 3.15. The first-order valence-electron chi connectivity index (χ1n) is 6.57. The van der Waals surface area contributed by atoms with Crippen LogP contribution in [0.25, 0.3) is 0 Å². The number of esters is 1. The van der Waals surface area contributed by atoms with Gasteiger partial charge < -0.3 is 19.3 Å². The van der Waals surface area contributed by atoms with E-state index in [-0.39, 0.29) is 19.0 Å². The summed E-state index contributed by atoms with van der Waals surface area (Å²) in [6, 6.07) is 1.71. The number of likely N-dealkylation sites (N-methyl/N-ethyl adjacent to an activating group) is 1. The van der Waals surface area contributed by atoms with Gasteiger partial charge in [-0.05, 0) is 6.07 Å². The summed E-state index contributed by atoms with van der Waals surface area (Å²) in [5, 5.41) is 0. The summed E-state index contributed by atoms with van der Waals surface area (Å²) in [5.74, 6) is -0.0990. The van der Waals surface area contributed by atoms with Crippen LogP contribution in [0.4, 0.5) is 5.95 Å². The van der Waals surface area contributed by atoms with Gasteiger partial charge >= 0.3 is 5.97 Å². The molecule has 1 aliphatic rings. The van der Waals surface area contributed by atoms with Crippen LogP contribution in [-0.2, 0) is 19.1 Å². The maximum absolute atomic E-state index is 12.3. The van der Waals surface area contributed by atoms with Crippen molar-refractivity contribution in [3.05, 3.63) is 18.5 Å². The number of methoxy groups -OCH3 is 1. The van der Waals surface area contributed by atoms with Gasteiger partial charge in [-0.25, -0.2) is 14.8 Å². The van der Waals surface area contributed by atoms with Gasteiger partial charge in [0.15, 0.2) is 6.10 Å². The predicted molar refractivity (Wildman–Crippen MR) is 73.6 cm³/mol. The number of carbonyl (C=O) groups is 2. The van der Waals surface area contributed by atoms with Crippen LogP contribution in [0.5, 0.6) is 0 Å². The second-order valence-electron chi connectivity index (χ2n) is 4.63. The topological polar surface area (TPSA) is 84.9 Å². The maximum atomic E-state index is 12.3. The number of morpholine rings is 1. The number of hydrogen-bond acceptors (Lipinski definition) is 7. The SMILES string of the molecule is COC(=O)C1CN(C(=O)CN(C)c2ncccn2)CCO1. The molecule has 21 heavy (non-hydrogen) atoms. The Morgan fingerprint density at radius 1 is 1.48 bits per heavy atom. The number of rotatable bonds is 4. The number of carbonyl (C=O) groups excluding carboxylic acids is 2. The number of hydrogen-bond donors (Lipinski definition) is 0. The Labute approximate surface area is 122 Å². The van der Waals surface area contributed by atoms with Crippen molar-refractivity contribution in [2.75, 3.05) is 45.3 Å². The van der Waals surface area contributed by atoms with E-state index in [4.69, 9.17) is 4.74 Å². The van der Waals surface area contributed by atoms with Crippen LogP contribution in [0.2, 0.25) is 0 Å². The van der Waals surface area contributed by atoms with Gasteiger partial charge in [0.1, 0.15) is 0 Å². The average molecular weight is 294 g/mol. The zero-order valence-corrected chi connectivity index (χ0v) is 12.1. The van der Waals surface area contributed by atoms with Crippen molar-refractivity contribution in [1.29, 1.82) is 0 Å². The van der Waals surface area contributed by atoms with Gasteiger partial charge in [0.05, 0.1) is 26.8 Å². The summed E-state index contributed by atoms with van der Waals surface area (Å²) in [6.07, 6.45) is 2.52. The van der Waals surface area contributed by atoms with Crippen molar-refractivity contribution in [1.82, 2.24) is 14.9 Å². The highest BCUT2D eigenvalue weighted by Crippen LogP contribution is 2.09. The van der Waals surface area contributed by atoms with Crippen molar-refractivity contribution in [2.24, 2.45) is 0 Å². The van der Waals surface area contributed by atoms with E-state index in [0.29, 0.717) is 19.1 Å². The van der Waals surface area contributed by atoms with Gasteiger partial charge in [-0.15, -0.1) is 0 Å². The Kier molecular flexibility index (Phi) is 5.04. The molecule has 1 aliphatic heterocycles. The van der Waals surface area contributed by atoms with E-state index in [0.717, 1.165) is 0 Å². The van der Waals surface area contributed by atoms with Gasteiger partial charge in [0, 0.05) is 26.0 Å². The van der Waals surface area contributed by atoms with Crippen LogP contribution in [-0.4, -0.2) is 73.2 Å². The van der Waals surface area contributed by atoms with Gasteiger partial charge in [-0.3, -0.25) is 4.79 Å². The smallest absolute Gasteiger partial charge is 0.336 e. The molecule has 0 bridgehead atoms. The third kappa shape index (κ3) is 3.88. The summed E-state index contributed by atoms with van der Waals surface area (Å²) >= 11 is 0. The van der Waals surface area contributed by atoms with Gasteiger partial charge in [0.25, 0.3) is 0 Å². The fourth-order valence-corrected chi connectivity index (χ4v) is 2.01. The van der Waals surface area contributed by atoms with E-state index in [1.807, 2.05) is 0 Å². The highest BCUT2D eigenvalue weighted by molar-refractivity contribution is 5.82. The van der Waals surface area contributed by atoms with Gasteiger partial charge in [-0.1, -0.05) is 0 Å². The van der Waals surface area contributed by atoms with E-state index in [1.165, 1.54) is 7.11 Å². The lowest BCUT2D eigenvalue weighted by atomic mass is 10.2. The Hall–Kier alpha value is -2.22. The lowest BCUT2D eigenvalue weighted by Gasteiger charge is -2.32. The first kappa shape index (κ1) is 15.2. The zero-order chi connectivity index (χ0) is 15.2. The van der Waals surface area contributed by atoms with E-state index >= 15 is 0 Å². The van der Waals surface area contributed by atoms with Crippen molar-refractivity contribution >= 4 is 17.8 Å². The van der Waals surface area contributed by atoms with E-state index in [2.05, 4.69) is 14.7 Å². The minimum atomic E-state index is -0.717. The lowest BCUT2D eigenvalue weighted by Crippen LogP contribution is -2.51. The number of aromatic nitrogens is 2. The Morgan fingerprint density at radius 2 is 2.19 bits per heavy atom. The molecular formula is C13H18N4O4. The van der Waals surface area contributed by atoms with Gasteiger partial charge in [0.2, 0.25) is 11.9 Å². The van der Waals surface area contributed by atoms with Crippen LogP contribution in [0.15, 0.2) is 18.5 Å². The standard InChI is InChI=1S/C13H18N4O4/c1-16(13-14-4-3-5-15-13)9-11(18)17-6-7-21-10(8-17)12(19)20-2/h3-5,10H,6-9H2,1-2H3. The van der Waals surface area contributed by atoms with Crippen molar-refractivity contribution < 1.29 is 19.1 Å².